The fourth-order valence-corrected chi connectivity index (χ4v) is 1.83. The van der Waals surface area contributed by atoms with E-state index in [1.807, 2.05) is 6.07 Å². The molecule has 0 unspecified atom stereocenters. The number of carbonyl (C=O) groups excluding carboxylic acids is 1. The van der Waals surface area contributed by atoms with Gasteiger partial charge in [0.15, 0.2) is 5.82 Å². The Hall–Kier alpha value is -2.26. The van der Waals surface area contributed by atoms with E-state index < -0.39 is 11.7 Å². The van der Waals surface area contributed by atoms with Crippen molar-refractivity contribution in [2.24, 2.45) is 0 Å². The van der Waals surface area contributed by atoms with Crippen LogP contribution in [0.3, 0.4) is 0 Å². The third-order valence-corrected chi connectivity index (χ3v) is 2.86. The quantitative estimate of drug-likeness (QED) is 0.924. The molecule has 1 aromatic heterocycles. The Morgan fingerprint density at radius 3 is 2.89 bits per heavy atom. The Labute approximate surface area is 117 Å². The zero-order valence-electron chi connectivity index (χ0n) is 9.52. The molecule has 0 saturated carbocycles. The molecule has 0 radical (unpaired) electrons. The van der Waals surface area contributed by atoms with Crippen LogP contribution in [0.15, 0.2) is 41.1 Å². The number of rotatable bonds is 2. The molecule has 6 heteroatoms. The molecule has 19 heavy (non-hydrogen) atoms. The van der Waals surface area contributed by atoms with E-state index in [2.05, 4.69) is 26.2 Å². The topological polar surface area (TPSA) is 65.8 Å². The number of nitriles is 1. The lowest BCUT2D eigenvalue weighted by Crippen LogP contribution is -2.14. The first-order chi connectivity index (χ1) is 9.11. The third-order valence-electron chi connectivity index (χ3n) is 2.37. The monoisotopic (exact) mass is 319 g/mol. The van der Waals surface area contributed by atoms with Crippen LogP contribution in [0.1, 0.15) is 15.9 Å². The molecule has 0 spiro atoms. The Kier molecular flexibility index (Phi) is 3.88. The molecule has 1 amide bonds. The normalized spacial score (nSPS) is 9.74. The van der Waals surface area contributed by atoms with Gasteiger partial charge in [0.05, 0.1) is 23.0 Å². The highest BCUT2D eigenvalue weighted by atomic mass is 79.9. The second-order valence-corrected chi connectivity index (χ2v) is 4.53. The first-order valence-electron chi connectivity index (χ1n) is 5.22. The fraction of sp³-hybridized carbons (Fsp3) is 0. The summed E-state index contributed by atoms with van der Waals surface area (Å²) >= 11 is 3.23. The maximum absolute atomic E-state index is 13.4. The molecule has 0 atom stereocenters. The average Bonchev–Trinajstić information content (AvgIpc) is 2.41. The molecule has 0 bridgehead atoms. The summed E-state index contributed by atoms with van der Waals surface area (Å²) in [6.45, 7) is 0. The highest BCUT2D eigenvalue weighted by Gasteiger charge is 2.13. The second-order valence-electron chi connectivity index (χ2n) is 3.61. The first-order valence-corrected chi connectivity index (χ1v) is 6.01. The van der Waals surface area contributed by atoms with Gasteiger partial charge in [-0.2, -0.15) is 5.26 Å². The van der Waals surface area contributed by atoms with Crippen molar-refractivity contribution in [1.82, 2.24) is 4.98 Å². The van der Waals surface area contributed by atoms with Crippen LogP contribution in [0.5, 0.6) is 0 Å². The van der Waals surface area contributed by atoms with Gasteiger partial charge in [-0.25, -0.2) is 4.39 Å². The van der Waals surface area contributed by atoms with Crippen molar-refractivity contribution in [2.45, 2.75) is 0 Å². The molecule has 1 N–H and O–H groups in total. The fourth-order valence-electron chi connectivity index (χ4n) is 1.47. The Balaban J connectivity index is 2.30. The van der Waals surface area contributed by atoms with Gasteiger partial charge in [-0.3, -0.25) is 9.78 Å². The van der Waals surface area contributed by atoms with E-state index in [1.54, 1.807) is 18.2 Å². The van der Waals surface area contributed by atoms with E-state index in [9.17, 15) is 9.18 Å². The summed E-state index contributed by atoms with van der Waals surface area (Å²) in [7, 11) is 0. The van der Waals surface area contributed by atoms with E-state index >= 15 is 0 Å². The van der Waals surface area contributed by atoms with Crippen LogP contribution in [0.2, 0.25) is 0 Å². The van der Waals surface area contributed by atoms with Crippen LogP contribution in [0, 0.1) is 17.1 Å². The molecule has 1 aromatic carbocycles. The summed E-state index contributed by atoms with van der Waals surface area (Å²) in [6.07, 6.45) is 2.28. The van der Waals surface area contributed by atoms with Crippen LogP contribution in [0.25, 0.3) is 0 Å². The summed E-state index contributed by atoms with van der Waals surface area (Å²) in [5.41, 5.74) is 0.492. The number of pyridine rings is 1. The van der Waals surface area contributed by atoms with Gasteiger partial charge in [0.25, 0.3) is 5.91 Å². The lowest BCUT2D eigenvalue weighted by molar-refractivity contribution is 0.102. The number of halogens is 2. The molecule has 0 fully saturated rings. The number of hydrogen-bond donors (Lipinski definition) is 1. The average molecular weight is 320 g/mol. The number of nitrogens with one attached hydrogen (secondary N) is 1. The predicted molar refractivity (Wildman–Crippen MR) is 71.0 cm³/mol. The maximum atomic E-state index is 13.4. The minimum atomic E-state index is -0.712. The zero-order valence-corrected chi connectivity index (χ0v) is 11.1. The molecule has 0 aliphatic heterocycles. The number of benzene rings is 1. The van der Waals surface area contributed by atoms with Crippen molar-refractivity contribution < 1.29 is 9.18 Å². The van der Waals surface area contributed by atoms with E-state index in [0.717, 1.165) is 10.7 Å². The molecule has 0 aliphatic rings. The SMILES string of the molecule is N#Cc1cc(Br)ccc1NC(=O)c1ccncc1F. The lowest BCUT2D eigenvalue weighted by atomic mass is 10.1. The van der Waals surface area contributed by atoms with Crippen LogP contribution in [-0.4, -0.2) is 10.9 Å². The van der Waals surface area contributed by atoms with Gasteiger partial charge in [0, 0.05) is 10.7 Å². The van der Waals surface area contributed by atoms with Crippen molar-refractivity contribution in [1.29, 1.82) is 5.26 Å². The van der Waals surface area contributed by atoms with Gasteiger partial charge in [0.2, 0.25) is 0 Å². The Bertz CT molecular complexity index is 682. The smallest absolute Gasteiger partial charge is 0.258 e. The molecule has 0 aliphatic carbocycles. The maximum Gasteiger partial charge on any atom is 0.258 e. The van der Waals surface area contributed by atoms with Crippen LogP contribution in [-0.2, 0) is 0 Å². The minimum absolute atomic E-state index is 0.123. The number of anilines is 1. The third kappa shape index (κ3) is 2.95. The highest BCUT2D eigenvalue weighted by molar-refractivity contribution is 9.10. The van der Waals surface area contributed by atoms with Gasteiger partial charge < -0.3 is 5.32 Å². The summed E-state index contributed by atoms with van der Waals surface area (Å²) in [4.78, 5) is 15.5. The summed E-state index contributed by atoms with van der Waals surface area (Å²) < 4.78 is 14.1. The van der Waals surface area contributed by atoms with Gasteiger partial charge in [-0.05, 0) is 24.3 Å². The van der Waals surface area contributed by atoms with Crippen LogP contribution in [0.4, 0.5) is 10.1 Å². The van der Waals surface area contributed by atoms with Gasteiger partial charge in [0.1, 0.15) is 6.07 Å². The van der Waals surface area contributed by atoms with Crippen molar-refractivity contribution >= 4 is 27.5 Å². The van der Waals surface area contributed by atoms with Gasteiger partial charge in [-0.1, -0.05) is 15.9 Å². The Morgan fingerprint density at radius 2 is 2.21 bits per heavy atom. The number of amides is 1. The lowest BCUT2D eigenvalue weighted by Gasteiger charge is -2.07. The molecule has 2 rings (SSSR count). The molecule has 0 saturated heterocycles. The largest absolute Gasteiger partial charge is 0.321 e. The highest BCUT2D eigenvalue weighted by Crippen LogP contribution is 2.21. The van der Waals surface area contributed by atoms with Crippen LogP contribution < -0.4 is 5.32 Å². The van der Waals surface area contributed by atoms with E-state index in [0.29, 0.717) is 5.69 Å². The van der Waals surface area contributed by atoms with Crippen LogP contribution >= 0.6 is 15.9 Å². The summed E-state index contributed by atoms with van der Waals surface area (Å²) in [5, 5.41) is 11.5. The number of aromatic nitrogens is 1. The predicted octanol–water partition coefficient (Wildman–Crippen LogP) is 3.11. The van der Waals surface area contributed by atoms with E-state index in [-0.39, 0.29) is 11.1 Å². The standard InChI is InChI=1S/C13H7BrFN3O/c14-9-1-2-12(8(5-9)6-16)18-13(19)10-3-4-17-7-11(10)15/h1-5,7H,(H,18,19). The van der Waals surface area contributed by atoms with Crippen molar-refractivity contribution in [3.8, 4) is 6.07 Å². The van der Waals surface area contributed by atoms with Gasteiger partial charge in [-0.15, -0.1) is 0 Å². The molecule has 1 heterocycles. The molecule has 2 aromatic rings. The number of hydrogen-bond acceptors (Lipinski definition) is 3. The molecular formula is C13H7BrFN3O. The van der Waals surface area contributed by atoms with E-state index in [1.165, 1.54) is 12.3 Å². The van der Waals surface area contributed by atoms with Gasteiger partial charge >= 0.3 is 0 Å². The van der Waals surface area contributed by atoms with Crippen molar-refractivity contribution in [3.05, 3.63) is 58.1 Å². The summed E-state index contributed by atoms with van der Waals surface area (Å²) in [5.74, 6) is -1.34. The number of carbonyl (C=O) groups is 1. The minimum Gasteiger partial charge on any atom is -0.321 e. The summed E-state index contributed by atoms with van der Waals surface area (Å²) in [6, 6.07) is 8.05. The first kappa shape index (κ1) is 13.2. The molecule has 94 valence electrons. The Morgan fingerprint density at radius 1 is 1.42 bits per heavy atom. The molecule has 4 nitrogen and oxygen atoms in total. The molecular weight excluding hydrogens is 313 g/mol. The second kappa shape index (κ2) is 5.59. The van der Waals surface area contributed by atoms with E-state index in [4.69, 9.17) is 5.26 Å². The van der Waals surface area contributed by atoms with Crippen molar-refractivity contribution in [2.75, 3.05) is 5.32 Å². The van der Waals surface area contributed by atoms with Crippen molar-refractivity contribution in [3.63, 3.8) is 0 Å². The zero-order chi connectivity index (χ0) is 13.8. The number of nitrogens with zero attached hydrogens (tertiary/aromatic N) is 2.